The molecule has 0 radical (unpaired) electrons. The van der Waals surface area contributed by atoms with E-state index >= 15 is 0 Å². The summed E-state index contributed by atoms with van der Waals surface area (Å²) in [6, 6.07) is 1.99. The minimum absolute atomic E-state index is 0.796. The Morgan fingerprint density at radius 3 is 2.76 bits per heavy atom. The monoisotopic (exact) mass is 295 g/mol. The highest BCUT2D eigenvalue weighted by Gasteiger charge is 2.12. The number of pyridine rings is 1. The molecule has 0 aliphatic rings. The van der Waals surface area contributed by atoms with Crippen molar-refractivity contribution in [1.82, 2.24) is 19.7 Å². The van der Waals surface area contributed by atoms with Crippen LogP contribution in [0.3, 0.4) is 0 Å². The number of halogens is 1. The third kappa shape index (κ3) is 2.46. The van der Waals surface area contributed by atoms with Crippen LogP contribution in [0.5, 0.6) is 0 Å². The molecule has 6 heteroatoms. The van der Waals surface area contributed by atoms with Crippen LogP contribution in [-0.2, 0) is 6.54 Å². The van der Waals surface area contributed by atoms with Gasteiger partial charge in [-0.05, 0) is 35.8 Å². The molecular formula is C11H14BrN5. The van der Waals surface area contributed by atoms with E-state index in [1.54, 1.807) is 12.4 Å². The summed E-state index contributed by atoms with van der Waals surface area (Å²) < 4.78 is 2.97. The lowest BCUT2D eigenvalue weighted by atomic mass is 10.3. The Morgan fingerprint density at radius 1 is 1.29 bits per heavy atom. The van der Waals surface area contributed by atoms with Crippen molar-refractivity contribution in [2.75, 3.05) is 11.9 Å². The third-order valence-corrected chi connectivity index (χ3v) is 2.80. The molecule has 17 heavy (non-hydrogen) atoms. The smallest absolute Gasteiger partial charge is 0.224 e. The van der Waals surface area contributed by atoms with E-state index in [0.29, 0.717) is 0 Å². The lowest BCUT2D eigenvalue weighted by Gasteiger charge is -2.07. The minimum Gasteiger partial charge on any atom is -0.355 e. The van der Waals surface area contributed by atoms with Gasteiger partial charge in [-0.3, -0.25) is 9.55 Å². The second kappa shape index (κ2) is 5.27. The van der Waals surface area contributed by atoms with Gasteiger partial charge in [0, 0.05) is 35.5 Å². The Balaban J connectivity index is 2.45. The predicted octanol–water partition coefficient (Wildman–Crippen LogP) is 2.55. The molecule has 2 aromatic heterocycles. The van der Waals surface area contributed by atoms with Crippen molar-refractivity contribution >= 4 is 21.9 Å². The summed E-state index contributed by atoms with van der Waals surface area (Å²) in [7, 11) is 0. The highest BCUT2D eigenvalue weighted by atomic mass is 79.9. The first-order valence-corrected chi connectivity index (χ1v) is 6.33. The van der Waals surface area contributed by atoms with Crippen molar-refractivity contribution in [2.45, 2.75) is 20.4 Å². The highest BCUT2D eigenvalue weighted by Crippen LogP contribution is 2.22. The van der Waals surface area contributed by atoms with E-state index in [0.717, 1.165) is 34.9 Å². The molecule has 0 amide bonds. The SMILES string of the molecule is CCNc1nnc(-c2cncc(Br)c2)n1CC. The maximum Gasteiger partial charge on any atom is 0.224 e. The van der Waals surface area contributed by atoms with Gasteiger partial charge in [-0.15, -0.1) is 10.2 Å². The number of nitrogens with one attached hydrogen (secondary N) is 1. The maximum atomic E-state index is 4.21. The summed E-state index contributed by atoms with van der Waals surface area (Å²) >= 11 is 3.41. The minimum atomic E-state index is 0.796. The van der Waals surface area contributed by atoms with Gasteiger partial charge >= 0.3 is 0 Å². The Hall–Kier alpha value is -1.43. The number of nitrogens with zero attached hydrogens (tertiary/aromatic N) is 4. The zero-order valence-electron chi connectivity index (χ0n) is 9.81. The first kappa shape index (κ1) is 12.0. The highest BCUT2D eigenvalue weighted by molar-refractivity contribution is 9.10. The van der Waals surface area contributed by atoms with Crippen LogP contribution in [0.15, 0.2) is 22.9 Å². The molecule has 2 rings (SSSR count). The first-order chi connectivity index (χ1) is 8.26. The second-order valence-electron chi connectivity index (χ2n) is 3.51. The Bertz CT molecular complexity index is 508. The Morgan fingerprint density at radius 2 is 2.12 bits per heavy atom. The fourth-order valence-electron chi connectivity index (χ4n) is 1.64. The molecule has 2 heterocycles. The van der Waals surface area contributed by atoms with Crippen molar-refractivity contribution in [2.24, 2.45) is 0 Å². The van der Waals surface area contributed by atoms with Gasteiger partial charge in [0.2, 0.25) is 5.95 Å². The standard InChI is InChI=1S/C11H14BrN5/c1-3-14-11-16-15-10(17(11)4-2)8-5-9(12)7-13-6-8/h5-7H,3-4H2,1-2H3,(H,14,16). The van der Waals surface area contributed by atoms with E-state index in [1.807, 2.05) is 17.6 Å². The van der Waals surface area contributed by atoms with E-state index in [4.69, 9.17) is 0 Å². The maximum absolute atomic E-state index is 4.21. The molecule has 0 unspecified atom stereocenters. The van der Waals surface area contributed by atoms with Gasteiger partial charge in [-0.2, -0.15) is 0 Å². The molecular weight excluding hydrogens is 282 g/mol. The largest absolute Gasteiger partial charge is 0.355 e. The molecule has 0 aromatic carbocycles. The van der Waals surface area contributed by atoms with Crippen LogP contribution in [0.1, 0.15) is 13.8 Å². The molecule has 1 N–H and O–H groups in total. The van der Waals surface area contributed by atoms with Gasteiger partial charge in [0.15, 0.2) is 5.82 Å². The fourth-order valence-corrected chi connectivity index (χ4v) is 2.00. The van der Waals surface area contributed by atoms with Crippen LogP contribution in [0, 0.1) is 0 Å². The number of hydrogen-bond acceptors (Lipinski definition) is 4. The Kier molecular flexibility index (Phi) is 3.73. The molecule has 0 saturated heterocycles. The molecule has 0 saturated carbocycles. The molecule has 0 aliphatic carbocycles. The van der Waals surface area contributed by atoms with E-state index in [1.165, 1.54) is 0 Å². The Labute approximate surface area is 108 Å². The van der Waals surface area contributed by atoms with Crippen molar-refractivity contribution in [3.63, 3.8) is 0 Å². The van der Waals surface area contributed by atoms with Gasteiger partial charge in [0.05, 0.1) is 0 Å². The summed E-state index contributed by atoms with van der Waals surface area (Å²) in [5.41, 5.74) is 0.956. The number of anilines is 1. The van der Waals surface area contributed by atoms with Crippen LogP contribution in [0.2, 0.25) is 0 Å². The van der Waals surface area contributed by atoms with Gasteiger partial charge in [-0.25, -0.2) is 0 Å². The molecule has 2 aromatic rings. The first-order valence-electron chi connectivity index (χ1n) is 5.54. The van der Waals surface area contributed by atoms with Crippen molar-refractivity contribution in [1.29, 1.82) is 0 Å². The van der Waals surface area contributed by atoms with Crippen molar-refractivity contribution < 1.29 is 0 Å². The van der Waals surface area contributed by atoms with Crippen molar-refractivity contribution in [3.8, 4) is 11.4 Å². The normalized spacial score (nSPS) is 10.5. The summed E-state index contributed by atoms with van der Waals surface area (Å²) in [4.78, 5) is 4.14. The molecule has 0 bridgehead atoms. The van der Waals surface area contributed by atoms with E-state index < -0.39 is 0 Å². The van der Waals surface area contributed by atoms with E-state index in [-0.39, 0.29) is 0 Å². The molecule has 0 atom stereocenters. The van der Waals surface area contributed by atoms with Crippen LogP contribution in [-0.4, -0.2) is 26.3 Å². The van der Waals surface area contributed by atoms with Gasteiger partial charge in [0.1, 0.15) is 0 Å². The second-order valence-corrected chi connectivity index (χ2v) is 4.43. The summed E-state index contributed by atoms with van der Waals surface area (Å²) in [6.07, 6.45) is 3.54. The van der Waals surface area contributed by atoms with Crippen LogP contribution >= 0.6 is 15.9 Å². The summed E-state index contributed by atoms with van der Waals surface area (Å²) in [5, 5.41) is 11.5. The third-order valence-electron chi connectivity index (χ3n) is 2.36. The van der Waals surface area contributed by atoms with Crippen LogP contribution in [0.25, 0.3) is 11.4 Å². The number of aromatic nitrogens is 4. The van der Waals surface area contributed by atoms with E-state index in [2.05, 4.69) is 43.4 Å². The average molecular weight is 296 g/mol. The predicted molar refractivity (Wildman–Crippen MR) is 70.8 cm³/mol. The molecule has 0 fully saturated rings. The zero-order chi connectivity index (χ0) is 12.3. The molecule has 90 valence electrons. The van der Waals surface area contributed by atoms with E-state index in [9.17, 15) is 0 Å². The summed E-state index contributed by atoms with van der Waals surface area (Å²) in [6.45, 7) is 5.75. The molecule has 0 aliphatic heterocycles. The lowest BCUT2D eigenvalue weighted by molar-refractivity contribution is 0.770. The topological polar surface area (TPSA) is 55.6 Å². The van der Waals surface area contributed by atoms with Crippen molar-refractivity contribution in [3.05, 3.63) is 22.9 Å². The lowest BCUT2D eigenvalue weighted by Crippen LogP contribution is -2.06. The average Bonchev–Trinajstić information content (AvgIpc) is 2.72. The zero-order valence-corrected chi connectivity index (χ0v) is 11.4. The molecule has 0 spiro atoms. The van der Waals surface area contributed by atoms with Gasteiger partial charge in [0.25, 0.3) is 0 Å². The molecule has 5 nitrogen and oxygen atoms in total. The van der Waals surface area contributed by atoms with Gasteiger partial charge < -0.3 is 5.32 Å². The fraction of sp³-hybridized carbons (Fsp3) is 0.364. The summed E-state index contributed by atoms with van der Waals surface area (Å²) in [5.74, 6) is 1.63. The van der Waals surface area contributed by atoms with Crippen LogP contribution in [0.4, 0.5) is 5.95 Å². The quantitative estimate of drug-likeness (QED) is 0.942. The van der Waals surface area contributed by atoms with Gasteiger partial charge in [-0.1, -0.05) is 0 Å². The van der Waals surface area contributed by atoms with Crippen LogP contribution < -0.4 is 5.32 Å². The number of rotatable bonds is 4. The number of hydrogen-bond donors (Lipinski definition) is 1.